The van der Waals surface area contributed by atoms with Crippen molar-refractivity contribution in [3.63, 3.8) is 0 Å². The van der Waals surface area contributed by atoms with Crippen molar-refractivity contribution in [2.75, 3.05) is 5.32 Å². The van der Waals surface area contributed by atoms with Gasteiger partial charge >= 0.3 is 12.1 Å². The number of carbonyl (C=O) groups is 2. The number of halogens is 5. The molecule has 2 rings (SSSR count). The summed E-state index contributed by atoms with van der Waals surface area (Å²) in [6.07, 6.45) is 0.408. The molecule has 2 N–H and O–H groups in total. The largest absolute Gasteiger partial charge is 0.481 e. The molecule has 9 heteroatoms. The van der Waals surface area contributed by atoms with E-state index in [9.17, 15) is 22.8 Å². The van der Waals surface area contributed by atoms with Gasteiger partial charge in [-0.25, -0.2) is 0 Å². The summed E-state index contributed by atoms with van der Waals surface area (Å²) < 4.78 is 40.4. The van der Waals surface area contributed by atoms with Gasteiger partial charge in [-0.2, -0.15) is 13.2 Å². The first kappa shape index (κ1) is 24.3. The average Bonchev–Trinajstić information content (AvgIpc) is 2.65. The highest BCUT2D eigenvalue weighted by molar-refractivity contribution is 6.33. The number of allylic oxidation sites excluding steroid dienone is 4. The van der Waals surface area contributed by atoms with E-state index in [-0.39, 0.29) is 23.6 Å². The minimum Gasteiger partial charge on any atom is -0.481 e. The smallest absolute Gasteiger partial charge is 0.392 e. The topological polar surface area (TPSA) is 66.4 Å². The SMILES string of the molecule is C[C@H]([C@H](C(=O)Nc1cc(C[C@H](C)C(=O)O)ccc1Cl)C1C=CC(Cl)=CC1)C(F)(F)F. The molecule has 1 aromatic carbocycles. The first-order valence-corrected chi connectivity index (χ1v) is 10.1. The van der Waals surface area contributed by atoms with E-state index in [1.54, 1.807) is 12.1 Å². The van der Waals surface area contributed by atoms with E-state index in [4.69, 9.17) is 28.3 Å². The number of hydrogen-bond donors (Lipinski definition) is 2. The standard InChI is InChI=1S/C21H22Cl2F3NO3/c1-11(20(29)30)9-13-3-8-16(23)17(10-13)27-19(28)18(12(2)21(24,25)26)14-4-6-15(22)7-5-14/h3-4,6-8,10-12,14,18H,5,9H2,1-2H3,(H,27,28)(H,29,30)/t11-,12+,14?,18-/m0/s1. The van der Waals surface area contributed by atoms with E-state index in [2.05, 4.69) is 5.32 Å². The molecule has 0 saturated heterocycles. The van der Waals surface area contributed by atoms with Gasteiger partial charge in [0.05, 0.1) is 28.5 Å². The van der Waals surface area contributed by atoms with Gasteiger partial charge in [-0.15, -0.1) is 0 Å². The Labute approximate surface area is 182 Å². The molecule has 1 unspecified atom stereocenters. The van der Waals surface area contributed by atoms with Gasteiger partial charge in [-0.3, -0.25) is 9.59 Å². The highest BCUT2D eigenvalue weighted by Gasteiger charge is 2.46. The van der Waals surface area contributed by atoms with E-state index in [0.29, 0.717) is 10.6 Å². The number of carboxylic acids is 1. The molecule has 1 aliphatic carbocycles. The first-order valence-electron chi connectivity index (χ1n) is 9.32. The van der Waals surface area contributed by atoms with Crippen molar-refractivity contribution in [2.24, 2.45) is 23.7 Å². The van der Waals surface area contributed by atoms with Crippen LogP contribution in [0.15, 0.2) is 41.5 Å². The predicted octanol–water partition coefficient (Wildman–Crippen LogP) is 6.06. The Kier molecular flexibility index (Phi) is 7.99. The molecule has 0 fully saturated rings. The van der Waals surface area contributed by atoms with Crippen LogP contribution in [0, 0.1) is 23.7 Å². The Balaban J connectivity index is 2.28. The summed E-state index contributed by atoms with van der Waals surface area (Å²) in [5, 5.41) is 12.1. The number of alkyl halides is 3. The molecule has 1 aliphatic rings. The maximum Gasteiger partial charge on any atom is 0.392 e. The van der Waals surface area contributed by atoms with E-state index in [0.717, 1.165) is 6.92 Å². The molecule has 164 valence electrons. The van der Waals surface area contributed by atoms with Gasteiger partial charge in [0.15, 0.2) is 0 Å². The lowest BCUT2D eigenvalue weighted by atomic mass is 9.78. The monoisotopic (exact) mass is 463 g/mol. The quantitative estimate of drug-likeness (QED) is 0.516. The number of carbonyl (C=O) groups excluding carboxylic acids is 1. The molecule has 0 bridgehead atoms. The number of benzene rings is 1. The van der Waals surface area contributed by atoms with E-state index < -0.39 is 41.7 Å². The van der Waals surface area contributed by atoms with Crippen molar-refractivity contribution in [2.45, 2.75) is 32.9 Å². The van der Waals surface area contributed by atoms with Gasteiger partial charge in [-0.1, -0.05) is 55.3 Å². The minimum absolute atomic E-state index is 0.143. The Morgan fingerprint density at radius 2 is 1.93 bits per heavy atom. The second-order valence-electron chi connectivity index (χ2n) is 7.45. The zero-order valence-corrected chi connectivity index (χ0v) is 17.9. The van der Waals surface area contributed by atoms with Crippen LogP contribution >= 0.6 is 23.2 Å². The number of amides is 1. The van der Waals surface area contributed by atoms with E-state index in [1.807, 2.05) is 0 Å². The lowest BCUT2D eigenvalue weighted by molar-refractivity contribution is -0.188. The summed E-state index contributed by atoms with van der Waals surface area (Å²) in [6.45, 7) is 2.51. The molecule has 30 heavy (non-hydrogen) atoms. The van der Waals surface area contributed by atoms with Crippen molar-refractivity contribution in [3.05, 3.63) is 52.0 Å². The second kappa shape index (κ2) is 9.88. The molecule has 4 atom stereocenters. The van der Waals surface area contributed by atoms with Gasteiger partial charge < -0.3 is 10.4 Å². The van der Waals surface area contributed by atoms with Crippen LogP contribution in [0.5, 0.6) is 0 Å². The van der Waals surface area contributed by atoms with Gasteiger partial charge in [-0.05, 0) is 42.5 Å². The molecule has 1 amide bonds. The zero-order chi connectivity index (χ0) is 22.6. The Bertz CT molecular complexity index is 868. The molecular formula is C21H22Cl2F3NO3. The third-order valence-electron chi connectivity index (χ3n) is 5.16. The summed E-state index contributed by atoms with van der Waals surface area (Å²) >= 11 is 12.0. The summed E-state index contributed by atoms with van der Waals surface area (Å²) in [5.41, 5.74) is 0.738. The van der Waals surface area contributed by atoms with Gasteiger partial charge in [0, 0.05) is 5.03 Å². The molecule has 0 aromatic heterocycles. The third kappa shape index (κ3) is 6.25. The summed E-state index contributed by atoms with van der Waals surface area (Å²) in [5.74, 6) is -6.43. The highest BCUT2D eigenvalue weighted by atomic mass is 35.5. The summed E-state index contributed by atoms with van der Waals surface area (Å²) in [6, 6.07) is 4.58. The Hall–Kier alpha value is -1.99. The molecule has 0 spiro atoms. The van der Waals surface area contributed by atoms with E-state index in [1.165, 1.54) is 31.2 Å². The number of nitrogens with one attached hydrogen (secondary N) is 1. The first-order chi connectivity index (χ1) is 13.9. The van der Waals surface area contributed by atoms with Crippen LogP contribution in [-0.2, 0) is 16.0 Å². The fourth-order valence-electron chi connectivity index (χ4n) is 3.33. The summed E-state index contributed by atoms with van der Waals surface area (Å²) in [7, 11) is 0. The fourth-order valence-corrected chi connectivity index (χ4v) is 3.65. The molecule has 4 nitrogen and oxygen atoms in total. The van der Waals surface area contributed by atoms with Crippen molar-refractivity contribution in [1.29, 1.82) is 0 Å². The van der Waals surface area contributed by atoms with Crippen molar-refractivity contribution >= 4 is 40.8 Å². The van der Waals surface area contributed by atoms with Crippen LogP contribution in [0.4, 0.5) is 18.9 Å². The fraction of sp³-hybridized carbons (Fsp3) is 0.429. The number of rotatable bonds is 7. The molecule has 0 heterocycles. The maximum atomic E-state index is 13.5. The number of aliphatic carboxylic acids is 1. The van der Waals surface area contributed by atoms with Crippen LogP contribution in [0.3, 0.4) is 0 Å². The van der Waals surface area contributed by atoms with Crippen LogP contribution in [0.1, 0.15) is 25.8 Å². The maximum absolute atomic E-state index is 13.5. The average molecular weight is 464 g/mol. The molecule has 0 radical (unpaired) electrons. The number of hydrogen-bond acceptors (Lipinski definition) is 2. The van der Waals surface area contributed by atoms with Gasteiger partial charge in [0.2, 0.25) is 5.91 Å². The zero-order valence-electron chi connectivity index (χ0n) is 16.3. The number of carboxylic acid groups (broad SMARTS) is 1. The summed E-state index contributed by atoms with van der Waals surface area (Å²) in [4.78, 5) is 24.0. The second-order valence-corrected chi connectivity index (χ2v) is 8.29. The van der Waals surface area contributed by atoms with Crippen LogP contribution < -0.4 is 5.32 Å². The van der Waals surface area contributed by atoms with Crippen LogP contribution in [0.2, 0.25) is 5.02 Å². The van der Waals surface area contributed by atoms with Crippen LogP contribution in [0.25, 0.3) is 0 Å². The van der Waals surface area contributed by atoms with Crippen molar-refractivity contribution < 1.29 is 27.9 Å². The Morgan fingerprint density at radius 3 is 2.47 bits per heavy atom. The molecule has 0 aliphatic heterocycles. The molecule has 1 aromatic rings. The van der Waals surface area contributed by atoms with Crippen molar-refractivity contribution in [3.8, 4) is 0 Å². The highest BCUT2D eigenvalue weighted by Crippen LogP contribution is 2.40. The van der Waals surface area contributed by atoms with Gasteiger partial charge in [0.25, 0.3) is 0 Å². The molecular weight excluding hydrogens is 442 g/mol. The van der Waals surface area contributed by atoms with Crippen LogP contribution in [-0.4, -0.2) is 23.2 Å². The Morgan fingerprint density at radius 1 is 1.27 bits per heavy atom. The van der Waals surface area contributed by atoms with E-state index >= 15 is 0 Å². The minimum atomic E-state index is -4.57. The molecule has 0 saturated carbocycles. The normalized spacial score (nSPS) is 19.6. The predicted molar refractivity (Wildman–Crippen MR) is 110 cm³/mol. The van der Waals surface area contributed by atoms with Gasteiger partial charge in [0.1, 0.15) is 0 Å². The third-order valence-corrected chi connectivity index (χ3v) is 5.77. The number of anilines is 1. The lowest BCUT2D eigenvalue weighted by Crippen LogP contribution is -2.40. The van der Waals surface area contributed by atoms with Crippen molar-refractivity contribution in [1.82, 2.24) is 0 Å². The lowest BCUT2D eigenvalue weighted by Gasteiger charge is -2.31.